The third-order valence-electron chi connectivity index (χ3n) is 4.24. The van der Waals surface area contributed by atoms with Crippen LogP contribution in [0.2, 0.25) is 0 Å². The summed E-state index contributed by atoms with van der Waals surface area (Å²) in [5.74, 6) is 0.742. The van der Waals surface area contributed by atoms with E-state index in [4.69, 9.17) is 19.6 Å². The second-order valence-corrected chi connectivity index (χ2v) is 7.31. The van der Waals surface area contributed by atoms with Crippen molar-refractivity contribution in [3.05, 3.63) is 93.2 Å². The molecule has 0 unspecified atom stereocenters. The van der Waals surface area contributed by atoms with E-state index < -0.39 is 0 Å². The quantitative estimate of drug-likeness (QED) is 0.277. The van der Waals surface area contributed by atoms with E-state index in [0.717, 1.165) is 11.1 Å². The number of rotatable bonds is 9. The molecule has 158 valence electrons. The zero-order valence-corrected chi connectivity index (χ0v) is 18.4. The molecule has 0 aromatic heterocycles. The lowest BCUT2D eigenvalue weighted by atomic mass is 10.1. The summed E-state index contributed by atoms with van der Waals surface area (Å²) >= 11 is 3.50. The van der Waals surface area contributed by atoms with Crippen LogP contribution in [0.3, 0.4) is 0 Å². The van der Waals surface area contributed by atoms with Gasteiger partial charge in [0.1, 0.15) is 19.0 Å². The molecule has 0 bridgehead atoms. The Morgan fingerprint density at radius 1 is 1.06 bits per heavy atom. The van der Waals surface area contributed by atoms with E-state index in [2.05, 4.69) is 27.2 Å². The Kier molecular flexibility index (Phi) is 8.02. The van der Waals surface area contributed by atoms with Gasteiger partial charge in [-0.1, -0.05) is 35.5 Å². The summed E-state index contributed by atoms with van der Waals surface area (Å²) in [7, 11) is 0. The Balaban J connectivity index is 1.70. The fourth-order valence-electron chi connectivity index (χ4n) is 2.81. The van der Waals surface area contributed by atoms with Crippen LogP contribution in [0.4, 0.5) is 4.39 Å². The molecular weight excluding hydrogens is 463 g/mol. The molecule has 0 atom stereocenters. The minimum absolute atomic E-state index is 0.189. The summed E-state index contributed by atoms with van der Waals surface area (Å²) < 4.78 is 25.7. The maximum Gasteiger partial charge on any atom is 0.175 e. The Morgan fingerprint density at radius 3 is 2.68 bits per heavy atom. The molecule has 0 heterocycles. The summed E-state index contributed by atoms with van der Waals surface area (Å²) in [6, 6.07) is 19.2. The van der Waals surface area contributed by atoms with Crippen LogP contribution in [0, 0.1) is 17.1 Å². The molecule has 0 amide bonds. The van der Waals surface area contributed by atoms with Crippen molar-refractivity contribution < 1.29 is 18.7 Å². The third-order valence-corrected chi connectivity index (χ3v) is 4.83. The number of benzene rings is 3. The number of ether oxygens (including phenoxy) is 2. The second kappa shape index (κ2) is 11.1. The number of nitrogens with zero attached hydrogens (tertiary/aromatic N) is 2. The van der Waals surface area contributed by atoms with Gasteiger partial charge >= 0.3 is 0 Å². The molecule has 3 rings (SSSR count). The van der Waals surface area contributed by atoms with Crippen LogP contribution in [0.5, 0.6) is 11.5 Å². The van der Waals surface area contributed by atoms with Crippen molar-refractivity contribution in [1.82, 2.24) is 0 Å². The zero-order valence-electron chi connectivity index (χ0n) is 16.8. The first-order chi connectivity index (χ1) is 15.1. The highest BCUT2D eigenvalue weighted by atomic mass is 79.9. The topological polar surface area (TPSA) is 63.8 Å². The van der Waals surface area contributed by atoms with Crippen molar-refractivity contribution in [2.75, 3.05) is 6.61 Å². The van der Waals surface area contributed by atoms with Gasteiger partial charge in [-0.3, -0.25) is 0 Å². The third kappa shape index (κ3) is 6.30. The molecule has 0 aliphatic heterocycles. The number of nitriles is 1. The van der Waals surface area contributed by atoms with Gasteiger partial charge in [-0.2, -0.15) is 5.26 Å². The van der Waals surface area contributed by atoms with E-state index in [1.54, 1.807) is 36.5 Å². The molecule has 5 nitrogen and oxygen atoms in total. The Bertz CT molecular complexity index is 1110. The van der Waals surface area contributed by atoms with Crippen LogP contribution in [-0.2, 0) is 18.1 Å². The van der Waals surface area contributed by atoms with Gasteiger partial charge < -0.3 is 14.3 Å². The fraction of sp³-hybridized carbons (Fsp3) is 0.167. The van der Waals surface area contributed by atoms with Crippen LogP contribution < -0.4 is 9.47 Å². The molecule has 0 saturated carbocycles. The Labute approximate surface area is 188 Å². The number of oxime groups is 1. The number of hydrogen-bond acceptors (Lipinski definition) is 5. The standard InChI is InChI=1S/C24H20BrFN2O3/c1-2-29-23-12-18(14-28-31-16-20-8-4-3-7-19(20)13-27)11-22(25)24(23)30-15-17-6-5-9-21(26)10-17/h3-12,14H,2,15-16H2,1H3/b28-14-. The largest absolute Gasteiger partial charge is 0.490 e. The fourth-order valence-corrected chi connectivity index (χ4v) is 3.38. The van der Waals surface area contributed by atoms with E-state index in [-0.39, 0.29) is 19.0 Å². The van der Waals surface area contributed by atoms with Gasteiger partial charge in [0.15, 0.2) is 11.5 Å². The normalized spacial score (nSPS) is 10.6. The minimum atomic E-state index is -0.311. The van der Waals surface area contributed by atoms with E-state index in [1.807, 2.05) is 25.1 Å². The summed E-state index contributed by atoms with van der Waals surface area (Å²) in [5, 5.41) is 13.1. The van der Waals surface area contributed by atoms with Gasteiger partial charge in [0.05, 0.1) is 28.9 Å². The minimum Gasteiger partial charge on any atom is -0.490 e. The monoisotopic (exact) mass is 482 g/mol. The van der Waals surface area contributed by atoms with E-state index in [9.17, 15) is 4.39 Å². The molecular formula is C24H20BrFN2O3. The number of hydrogen-bond donors (Lipinski definition) is 0. The predicted molar refractivity (Wildman–Crippen MR) is 120 cm³/mol. The van der Waals surface area contributed by atoms with E-state index in [1.165, 1.54) is 12.1 Å². The maximum absolute atomic E-state index is 13.4. The second-order valence-electron chi connectivity index (χ2n) is 6.46. The molecule has 7 heteroatoms. The lowest BCUT2D eigenvalue weighted by Gasteiger charge is -2.14. The molecule has 3 aromatic rings. The highest BCUT2D eigenvalue weighted by Gasteiger charge is 2.12. The van der Waals surface area contributed by atoms with Gasteiger partial charge in [-0.05, 0) is 58.7 Å². The molecule has 0 aliphatic carbocycles. The zero-order chi connectivity index (χ0) is 22.1. The first-order valence-corrected chi connectivity index (χ1v) is 10.4. The van der Waals surface area contributed by atoms with Crippen molar-refractivity contribution >= 4 is 22.1 Å². The first kappa shape index (κ1) is 22.3. The van der Waals surface area contributed by atoms with Crippen LogP contribution in [-0.4, -0.2) is 12.8 Å². The van der Waals surface area contributed by atoms with Gasteiger partial charge in [0.2, 0.25) is 0 Å². The van der Waals surface area contributed by atoms with Crippen molar-refractivity contribution in [1.29, 1.82) is 5.26 Å². The van der Waals surface area contributed by atoms with Gasteiger partial charge in [-0.15, -0.1) is 0 Å². The molecule has 0 saturated heterocycles. The summed E-state index contributed by atoms with van der Waals surface area (Å²) in [4.78, 5) is 5.35. The molecule has 0 radical (unpaired) electrons. The van der Waals surface area contributed by atoms with Crippen LogP contribution in [0.25, 0.3) is 0 Å². The van der Waals surface area contributed by atoms with Gasteiger partial charge in [-0.25, -0.2) is 4.39 Å². The number of halogens is 2. The highest BCUT2D eigenvalue weighted by molar-refractivity contribution is 9.10. The van der Waals surface area contributed by atoms with Crippen molar-refractivity contribution in [3.63, 3.8) is 0 Å². The average Bonchev–Trinajstić information content (AvgIpc) is 2.76. The molecule has 3 aromatic carbocycles. The maximum atomic E-state index is 13.4. The lowest BCUT2D eigenvalue weighted by molar-refractivity contribution is 0.132. The van der Waals surface area contributed by atoms with Crippen LogP contribution in [0.1, 0.15) is 29.2 Å². The molecule has 0 fully saturated rings. The van der Waals surface area contributed by atoms with Crippen LogP contribution >= 0.6 is 15.9 Å². The highest BCUT2D eigenvalue weighted by Crippen LogP contribution is 2.37. The van der Waals surface area contributed by atoms with Crippen molar-refractivity contribution in [3.8, 4) is 17.6 Å². The molecule has 0 aliphatic rings. The molecule has 0 spiro atoms. The van der Waals surface area contributed by atoms with Crippen molar-refractivity contribution in [2.24, 2.45) is 5.16 Å². The van der Waals surface area contributed by atoms with Crippen LogP contribution in [0.15, 0.2) is 70.3 Å². The molecule has 31 heavy (non-hydrogen) atoms. The first-order valence-electron chi connectivity index (χ1n) is 9.57. The van der Waals surface area contributed by atoms with Gasteiger partial charge in [0, 0.05) is 11.1 Å². The molecule has 0 N–H and O–H groups in total. The smallest absolute Gasteiger partial charge is 0.175 e. The van der Waals surface area contributed by atoms with E-state index in [0.29, 0.717) is 33.7 Å². The summed E-state index contributed by atoms with van der Waals surface area (Å²) in [5.41, 5.74) is 2.77. The Hall–Kier alpha value is -3.37. The predicted octanol–water partition coefficient (Wildman–Crippen LogP) is 5.99. The average molecular weight is 483 g/mol. The van der Waals surface area contributed by atoms with Crippen molar-refractivity contribution in [2.45, 2.75) is 20.1 Å². The Morgan fingerprint density at radius 2 is 1.90 bits per heavy atom. The summed E-state index contributed by atoms with van der Waals surface area (Å²) in [6.45, 7) is 2.71. The lowest BCUT2D eigenvalue weighted by Crippen LogP contribution is -2.02. The summed E-state index contributed by atoms with van der Waals surface area (Å²) in [6.07, 6.45) is 1.55. The van der Waals surface area contributed by atoms with E-state index >= 15 is 0 Å². The SMILES string of the molecule is CCOc1cc(/C=N\OCc2ccccc2C#N)cc(Br)c1OCc1cccc(F)c1. The van der Waals surface area contributed by atoms with Gasteiger partial charge in [0.25, 0.3) is 0 Å².